The summed E-state index contributed by atoms with van der Waals surface area (Å²) >= 11 is 0. The highest BCUT2D eigenvalue weighted by Gasteiger charge is 2.37. The molecule has 1 heterocycles. The van der Waals surface area contributed by atoms with Gasteiger partial charge in [0.2, 0.25) is 0 Å². The number of benzene rings is 1. The standard InChI is InChI=1S/C18H21NO3/c1-2-22-17(20)13-7-9-18(21,10-8-13)15-5-6-16-14(12-15)4-3-11-19-16/h3-6,11-13,21H,2,7-10H2,1H3. The Bertz CT molecular complexity index is 675. The van der Waals surface area contributed by atoms with Gasteiger partial charge in [0, 0.05) is 11.6 Å². The van der Waals surface area contributed by atoms with E-state index in [9.17, 15) is 9.90 Å². The van der Waals surface area contributed by atoms with Gasteiger partial charge in [-0.25, -0.2) is 0 Å². The Morgan fingerprint density at radius 2 is 2.14 bits per heavy atom. The lowest BCUT2D eigenvalue weighted by atomic mass is 9.75. The predicted octanol–water partition coefficient (Wildman–Crippen LogP) is 3.18. The number of pyridine rings is 1. The van der Waals surface area contributed by atoms with Gasteiger partial charge in [-0.2, -0.15) is 0 Å². The molecule has 0 bridgehead atoms. The molecule has 0 unspecified atom stereocenters. The minimum Gasteiger partial charge on any atom is -0.466 e. The number of hydrogen-bond donors (Lipinski definition) is 1. The van der Waals surface area contributed by atoms with E-state index in [0.717, 1.165) is 16.5 Å². The van der Waals surface area contributed by atoms with E-state index in [0.29, 0.717) is 32.3 Å². The maximum absolute atomic E-state index is 11.8. The Kier molecular flexibility index (Phi) is 4.12. The van der Waals surface area contributed by atoms with Crippen LogP contribution in [0.3, 0.4) is 0 Å². The van der Waals surface area contributed by atoms with E-state index in [1.807, 2.05) is 37.3 Å². The third kappa shape index (κ3) is 2.83. The van der Waals surface area contributed by atoms with Gasteiger partial charge in [-0.05, 0) is 56.4 Å². The molecule has 1 fully saturated rings. The number of carbonyl (C=O) groups is 1. The second kappa shape index (κ2) is 6.05. The molecule has 1 N–H and O–H groups in total. The van der Waals surface area contributed by atoms with Gasteiger partial charge in [-0.15, -0.1) is 0 Å². The summed E-state index contributed by atoms with van der Waals surface area (Å²) in [6.07, 6.45) is 4.27. The Hall–Kier alpha value is -1.94. The van der Waals surface area contributed by atoms with Crippen LogP contribution in [-0.2, 0) is 15.1 Å². The van der Waals surface area contributed by atoms with Crippen molar-refractivity contribution in [2.75, 3.05) is 6.61 Å². The van der Waals surface area contributed by atoms with Crippen LogP contribution in [0.15, 0.2) is 36.5 Å². The fourth-order valence-corrected chi connectivity index (χ4v) is 3.24. The first kappa shape index (κ1) is 15.0. The number of fused-ring (bicyclic) bond motifs is 1. The fourth-order valence-electron chi connectivity index (χ4n) is 3.24. The van der Waals surface area contributed by atoms with Crippen LogP contribution in [0.1, 0.15) is 38.2 Å². The molecule has 4 nitrogen and oxygen atoms in total. The van der Waals surface area contributed by atoms with E-state index < -0.39 is 5.60 Å². The van der Waals surface area contributed by atoms with Gasteiger partial charge in [0.15, 0.2) is 0 Å². The minimum absolute atomic E-state index is 0.0812. The van der Waals surface area contributed by atoms with Gasteiger partial charge in [0.05, 0.1) is 23.6 Å². The molecule has 0 amide bonds. The van der Waals surface area contributed by atoms with Crippen LogP contribution in [0, 0.1) is 5.92 Å². The molecule has 22 heavy (non-hydrogen) atoms. The second-order valence-corrected chi connectivity index (χ2v) is 5.97. The Morgan fingerprint density at radius 1 is 1.36 bits per heavy atom. The first-order valence-corrected chi connectivity index (χ1v) is 7.87. The highest BCUT2D eigenvalue weighted by atomic mass is 16.5. The highest BCUT2D eigenvalue weighted by molar-refractivity contribution is 5.79. The average Bonchev–Trinajstić information content (AvgIpc) is 2.55. The van der Waals surface area contributed by atoms with E-state index in [-0.39, 0.29) is 11.9 Å². The van der Waals surface area contributed by atoms with Crippen molar-refractivity contribution >= 4 is 16.9 Å². The summed E-state index contributed by atoms with van der Waals surface area (Å²) in [5, 5.41) is 12.0. The monoisotopic (exact) mass is 299 g/mol. The summed E-state index contributed by atoms with van der Waals surface area (Å²) in [6.45, 7) is 2.23. The zero-order chi connectivity index (χ0) is 15.6. The summed E-state index contributed by atoms with van der Waals surface area (Å²) in [4.78, 5) is 16.1. The van der Waals surface area contributed by atoms with E-state index >= 15 is 0 Å². The summed E-state index contributed by atoms with van der Waals surface area (Å²) in [5.74, 6) is -0.213. The van der Waals surface area contributed by atoms with Gasteiger partial charge in [-0.1, -0.05) is 12.1 Å². The molecule has 1 aromatic carbocycles. The van der Waals surface area contributed by atoms with Crippen molar-refractivity contribution in [1.82, 2.24) is 4.98 Å². The van der Waals surface area contributed by atoms with Crippen LogP contribution in [0.5, 0.6) is 0 Å². The Balaban J connectivity index is 1.77. The summed E-state index contributed by atoms with van der Waals surface area (Å²) in [6, 6.07) is 9.79. The van der Waals surface area contributed by atoms with Crippen LogP contribution in [-0.4, -0.2) is 22.7 Å². The van der Waals surface area contributed by atoms with Crippen molar-refractivity contribution < 1.29 is 14.6 Å². The third-order valence-corrected chi connectivity index (χ3v) is 4.57. The van der Waals surface area contributed by atoms with Crippen molar-refractivity contribution in [3.63, 3.8) is 0 Å². The second-order valence-electron chi connectivity index (χ2n) is 5.97. The number of ether oxygens (including phenoxy) is 1. The lowest BCUT2D eigenvalue weighted by Crippen LogP contribution is -2.34. The van der Waals surface area contributed by atoms with Crippen LogP contribution in [0.2, 0.25) is 0 Å². The number of aromatic nitrogens is 1. The average molecular weight is 299 g/mol. The maximum atomic E-state index is 11.8. The first-order valence-electron chi connectivity index (χ1n) is 7.87. The smallest absolute Gasteiger partial charge is 0.308 e. The van der Waals surface area contributed by atoms with Crippen LogP contribution < -0.4 is 0 Å². The van der Waals surface area contributed by atoms with E-state index in [2.05, 4.69) is 4.98 Å². The van der Waals surface area contributed by atoms with Crippen molar-refractivity contribution in [3.05, 3.63) is 42.1 Å². The summed E-state index contributed by atoms with van der Waals surface area (Å²) in [7, 11) is 0. The van der Waals surface area contributed by atoms with E-state index in [1.165, 1.54) is 0 Å². The number of carbonyl (C=O) groups excluding carboxylic acids is 1. The molecule has 0 radical (unpaired) electrons. The minimum atomic E-state index is -0.854. The molecule has 0 saturated heterocycles. The van der Waals surface area contributed by atoms with E-state index in [4.69, 9.17) is 4.74 Å². The quantitative estimate of drug-likeness (QED) is 0.884. The topological polar surface area (TPSA) is 59.4 Å². The third-order valence-electron chi connectivity index (χ3n) is 4.57. The van der Waals surface area contributed by atoms with Gasteiger partial charge < -0.3 is 9.84 Å². The number of rotatable bonds is 3. The van der Waals surface area contributed by atoms with Crippen molar-refractivity contribution in [3.8, 4) is 0 Å². The van der Waals surface area contributed by atoms with Crippen LogP contribution >= 0.6 is 0 Å². The molecule has 116 valence electrons. The molecule has 1 aliphatic rings. The van der Waals surface area contributed by atoms with E-state index in [1.54, 1.807) is 6.20 Å². The predicted molar refractivity (Wildman–Crippen MR) is 84.2 cm³/mol. The van der Waals surface area contributed by atoms with Crippen molar-refractivity contribution in [1.29, 1.82) is 0 Å². The lowest BCUT2D eigenvalue weighted by molar-refractivity contribution is -0.151. The molecule has 1 aliphatic carbocycles. The maximum Gasteiger partial charge on any atom is 0.308 e. The molecular formula is C18H21NO3. The molecule has 3 rings (SSSR count). The Labute approximate surface area is 130 Å². The molecule has 0 atom stereocenters. The number of hydrogen-bond acceptors (Lipinski definition) is 4. The molecule has 0 aliphatic heterocycles. The molecule has 1 aromatic heterocycles. The fraction of sp³-hybridized carbons (Fsp3) is 0.444. The number of esters is 1. The van der Waals surface area contributed by atoms with Crippen LogP contribution in [0.25, 0.3) is 10.9 Å². The summed E-state index contributed by atoms with van der Waals surface area (Å²) in [5.41, 5.74) is 0.984. The SMILES string of the molecule is CCOC(=O)C1CCC(O)(c2ccc3ncccc3c2)CC1. The molecule has 1 saturated carbocycles. The van der Waals surface area contributed by atoms with Gasteiger partial charge in [0.25, 0.3) is 0 Å². The van der Waals surface area contributed by atoms with Crippen molar-refractivity contribution in [2.45, 2.75) is 38.2 Å². The molecule has 4 heteroatoms. The highest BCUT2D eigenvalue weighted by Crippen LogP contribution is 2.40. The Morgan fingerprint density at radius 3 is 2.86 bits per heavy atom. The zero-order valence-corrected chi connectivity index (χ0v) is 12.8. The molecule has 2 aromatic rings. The van der Waals surface area contributed by atoms with Gasteiger partial charge >= 0.3 is 5.97 Å². The lowest BCUT2D eigenvalue weighted by Gasteiger charge is -2.35. The number of aliphatic hydroxyl groups is 1. The first-order chi connectivity index (χ1) is 10.6. The van der Waals surface area contributed by atoms with Gasteiger partial charge in [-0.3, -0.25) is 9.78 Å². The molecular weight excluding hydrogens is 278 g/mol. The van der Waals surface area contributed by atoms with Crippen LogP contribution in [0.4, 0.5) is 0 Å². The van der Waals surface area contributed by atoms with Gasteiger partial charge in [0.1, 0.15) is 0 Å². The summed E-state index contributed by atoms with van der Waals surface area (Å²) < 4.78 is 5.08. The van der Waals surface area contributed by atoms with Crippen molar-refractivity contribution in [2.24, 2.45) is 5.92 Å². The molecule has 0 spiro atoms. The normalized spacial score (nSPS) is 25.1. The number of nitrogens with zero attached hydrogens (tertiary/aromatic N) is 1. The largest absolute Gasteiger partial charge is 0.466 e. The zero-order valence-electron chi connectivity index (χ0n) is 12.8.